The highest BCUT2D eigenvalue weighted by atomic mass is 16.5. The van der Waals surface area contributed by atoms with Gasteiger partial charge in [0.25, 0.3) is 5.56 Å². The molecule has 0 fully saturated rings. The molecule has 0 radical (unpaired) electrons. The van der Waals surface area contributed by atoms with Crippen LogP contribution in [0, 0.1) is 0 Å². The van der Waals surface area contributed by atoms with Crippen molar-refractivity contribution in [1.29, 1.82) is 0 Å². The molecule has 2 rings (SSSR count). The summed E-state index contributed by atoms with van der Waals surface area (Å²) in [5.74, 6) is 0.973. The molecule has 1 N–H and O–H groups in total. The second-order valence-electron chi connectivity index (χ2n) is 3.90. The number of pyridine rings is 1. The first-order valence-electron chi connectivity index (χ1n) is 5.84. The zero-order valence-corrected chi connectivity index (χ0v) is 10.4. The van der Waals surface area contributed by atoms with Gasteiger partial charge >= 0.3 is 0 Å². The maximum absolute atomic E-state index is 11.6. The molecule has 0 spiro atoms. The first kappa shape index (κ1) is 12.3. The van der Waals surface area contributed by atoms with Crippen molar-refractivity contribution in [3.8, 4) is 17.4 Å². The van der Waals surface area contributed by atoms with E-state index in [4.69, 9.17) is 4.74 Å². The van der Waals surface area contributed by atoms with Crippen molar-refractivity contribution in [3.05, 3.63) is 40.3 Å². The largest absolute Gasteiger partial charge is 0.481 e. The van der Waals surface area contributed by atoms with Crippen LogP contribution in [0.25, 0.3) is 11.5 Å². The minimum atomic E-state index is -0.159. The highest BCUT2D eigenvalue weighted by molar-refractivity contribution is 5.49. The van der Waals surface area contributed by atoms with Gasteiger partial charge in [-0.15, -0.1) is 0 Å². The molecule has 0 aliphatic rings. The average molecular weight is 245 g/mol. The molecule has 0 amide bonds. The Bertz CT molecular complexity index is 593. The molecule has 5 nitrogen and oxygen atoms in total. The Morgan fingerprint density at radius 1 is 1.33 bits per heavy atom. The van der Waals surface area contributed by atoms with Crippen molar-refractivity contribution in [3.63, 3.8) is 0 Å². The van der Waals surface area contributed by atoms with E-state index in [1.807, 2.05) is 13.0 Å². The van der Waals surface area contributed by atoms with Crippen LogP contribution in [0.1, 0.15) is 19.0 Å². The van der Waals surface area contributed by atoms with E-state index >= 15 is 0 Å². The first-order valence-corrected chi connectivity index (χ1v) is 5.84. The van der Waals surface area contributed by atoms with Crippen LogP contribution < -0.4 is 10.3 Å². The molecule has 0 saturated carbocycles. The second kappa shape index (κ2) is 5.44. The Hall–Kier alpha value is -2.17. The Morgan fingerprint density at radius 3 is 2.89 bits per heavy atom. The lowest BCUT2D eigenvalue weighted by molar-refractivity contribution is 0.398. The van der Waals surface area contributed by atoms with Gasteiger partial charge in [0.15, 0.2) is 5.82 Å². The first-order chi connectivity index (χ1) is 8.72. The number of aryl methyl sites for hydroxylation is 1. The number of rotatable bonds is 4. The summed E-state index contributed by atoms with van der Waals surface area (Å²) >= 11 is 0. The summed E-state index contributed by atoms with van der Waals surface area (Å²) in [6, 6.07) is 6.87. The van der Waals surface area contributed by atoms with Crippen molar-refractivity contribution in [2.75, 3.05) is 7.11 Å². The number of ether oxygens (including phenoxy) is 1. The molecular weight excluding hydrogens is 230 g/mol. The normalized spacial score (nSPS) is 10.3. The number of aromatic nitrogens is 3. The van der Waals surface area contributed by atoms with Crippen LogP contribution in [0.15, 0.2) is 29.1 Å². The van der Waals surface area contributed by atoms with E-state index in [0.29, 0.717) is 17.4 Å². The smallest absolute Gasteiger partial charge is 0.251 e. The van der Waals surface area contributed by atoms with E-state index in [2.05, 4.69) is 15.0 Å². The molecule has 0 unspecified atom stereocenters. The third kappa shape index (κ3) is 2.74. The Morgan fingerprint density at radius 2 is 2.17 bits per heavy atom. The second-order valence-corrected chi connectivity index (χ2v) is 3.90. The molecule has 2 aromatic heterocycles. The molecule has 0 atom stereocenters. The zero-order valence-electron chi connectivity index (χ0n) is 10.4. The van der Waals surface area contributed by atoms with E-state index in [1.165, 1.54) is 6.07 Å². The summed E-state index contributed by atoms with van der Waals surface area (Å²) in [6.45, 7) is 2.05. The monoisotopic (exact) mass is 245 g/mol. The minimum absolute atomic E-state index is 0.159. The van der Waals surface area contributed by atoms with E-state index in [1.54, 1.807) is 19.2 Å². The summed E-state index contributed by atoms with van der Waals surface area (Å²) in [7, 11) is 1.55. The molecule has 18 heavy (non-hydrogen) atoms. The lowest BCUT2D eigenvalue weighted by Crippen LogP contribution is -2.11. The highest BCUT2D eigenvalue weighted by Crippen LogP contribution is 2.15. The number of methoxy groups -OCH3 is 1. The van der Waals surface area contributed by atoms with Gasteiger partial charge in [0, 0.05) is 17.8 Å². The number of aromatic amines is 1. The predicted octanol–water partition coefficient (Wildman–Crippen LogP) is 1.79. The van der Waals surface area contributed by atoms with Crippen LogP contribution in [-0.2, 0) is 6.42 Å². The van der Waals surface area contributed by atoms with E-state index < -0.39 is 0 Å². The number of nitrogens with one attached hydrogen (secondary N) is 1. The number of H-pyrrole nitrogens is 1. The maximum atomic E-state index is 11.6. The van der Waals surface area contributed by atoms with Crippen LogP contribution in [0.3, 0.4) is 0 Å². The van der Waals surface area contributed by atoms with Crippen LogP contribution in [0.4, 0.5) is 0 Å². The van der Waals surface area contributed by atoms with Crippen molar-refractivity contribution in [1.82, 2.24) is 15.0 Å². The summed E-state index contributed by atoms with van der Waals surface area (Å²) in [4.78, 5) is 22.9. The molecule has 94 valence electrons. The lowest BCUT2D eigenvalue weighted by atomic mass is 10.2. The van der Waals surface area contributed by atoms with Crippen LogP contribution in [0.2, 0.25) is 0 Å². The Labute approximate surface area is 105 Å². The maximum Gasteiger partial charge on any atom is 0.251 e. The van der Waals surface area contributed by atoms with Gasteiger partial charge in [-0.25, -0.2) is 9.97 Å². The molecule has 2 heterocycles. The molecule has 0 bridgehead atoms. The van der Waals surface area contributed by atoms with Gasteiger partial charge in [-0.05, 0) is 12.5 Å². The van der Waals surface area contributed by atoms with Crippen molar-refractivity contribution in [2.24, 2.45) is 0 Å². The van der Waals surface area contributed by atoms with Crippen LogP contribution in [0.5, 0.6) is 5.88 Å². The minimum Gasteiger partial charge on any atom is -0.481 e. The molecular formula is C13H15N3O2. The predicted molar refractivity (Wildman–Crippen MR) is 68.6 cm³/mol. The van der Waals surface area contributed by atoms with Gasteiger partial charge < -0.3 is 9.72 Å². The number of nitrogens with zero attached hydrogens (tertiary/aromatic N) is 2. The SMILES string of the molecule is CCCc1cc(=O)[nH]c(-c2cccc(OC)n2)n1. The third-order valence-electron chi connectivity index (χ3n) is 2.48. The van der Waals surface area contributed by atoms with Gasteiger partial charge in [0.1, 0.15) is 5.69 Å². The fraction of sp³-hybridized carbons (Fsp3) is 0.308. The Balaban J connectivity index is 2.45. The van der Waals surface area contributed by atoms with Gasteiger partial charge in [-0.1, -0.05) is 19.4 Å². The molecule has 0 aliphatic heterocycles. The number of hydrogen-bond donors (Lipinski definition) is 1. The molecule has 5 heteroatoms. The van der Waals surface area contributed by atoms with Crippen molar-refractivity contribution >= 4 is 0 Å². The summed E-state index contributed by atoms with van der Waals surface area (Å²) in [5.41, 5.74) is 1.22. The molecule has 0 saturated heterocycles. The standard InChI is InChI=1S/C13H15N3O2/c1-3-5-9-8-11(17)16-13(14-9)10-6-4-7-12(15-10)18-2/h4,6-8H,3,5H2,1-2H3,(H,14,16,17). The zero-order chi connectivity index (χ0) is 13.0. The van der Waals surface area contributed by atoms with E-state index in [-0.39, 0.29) is 5.56 Å². The van der Waals surface area contributed by atoms with E-state index in [9.17, 15) is 4.79 Å². The number of hydrogen-bond acceptors (Lipinski definition) is 4. The molecule has 0 aromatic carbocycles. The van der Waals surface area contributed by atoms with Crippen LogP contribution >= 0.6 is 0 Å². The Kier molecular flexibility index (Phi) is 3.72. The van der Waals surface area contributed by atoms with Crippen molar-refractivity contribution < 1.29 is 4.74 Å². The highest BCUT2D eigenvalue weighted by Gasteiger charge is 2.06. The van der Waals surface area contributed by atoms with Gasteiger partial charge in [-0.3, -0.25) is 4.79 Å². The third-order valence-corrected chi connectivity index (χ3v) is 2.48. The van der Waals surface area contributed by atoms with Gasteiger partial charge in [0.2, 0.25) is 5.88 Å². The average Bonchev–Trinajstić information content (AvgIpc) is 2.38. The molecule has 0 aliphatic carbocycles. The lowest BCUT2D eigenvalue weighted by Gasteiger charge is -2.04. The fourth-order valence-electron chi connectivity index (χ4n) is 1.67. The van der Waals surface area contributed by atoms with E-state index in [0.717, 1.165) is 18.5 Å². The van der Waals surface area contributed by atoms with Gasteiger partial charge in [0.05, 0.1) is 7.11 Å². The van der Waals surface area contributed by atoms with Gasteiger partial charge in [-0.2, -0.15) is 0 Å². The topological polar surface area (TPSA) is 67.9 Å². The quantitative estimate of drug-likeness (QED) is 0.891. The summed E-state index contributed by atoms with van der Waals surface area (Å²) in [6.07, 6.45) is 1.72. The van der Waals surface area contributed by atoms with Crippen LogP contribution in [-0.4, -0.2) is 22.1 Å². The molecule has 2 aromatic rings. The summed E-state index contributed by atoms with van der Waals surface area (Å²) < 4.78 is 5.05. The summed E-state index contributed by atoms with van der Waals surface area (Å²) in [5, 5.41) is 0. The fourth-order valence-corrected chi connectivity index (χ4v) is 1.67. The van der Waals surface area contributed by atoms with Crippen molar-refractivity contribution in [2.45, 2.75) is 19.8 Å².